The lowest BCUT2D eigenvalue weighted by molar-refractivity contribution is -0.870. The average molecular weight is 1100 g/mol. The maximum Gasteiger partial charge on any atom is 0.472 e. The third kappa shape index (κ3) is 60.9. The summed E-state index contributed by atoms with van der Waals surface area (Å²) in [7, 11) is 1.42. The molecule has 0 saturated heterocycles. The molecule has 0 rings (SSSR count). The summed E-state index contributed by atoms with van der Waals surface area (Å²) < 4.78 is 34.4. The van der Waals surface area contributed by atoms with Crippen molar-refractivity contribution in [2.45, 2.75) is 213 Å². The minimum atomic E-state index is -4.41. The number of phosphoric acid groups is 1. The number of ether oxygens (including phenoxy) is 2. The Morgan fingerprint density at radius 3 is 1.13 bits per heavy atom. The number of nitrogens with zero attached hydrogens (tertiary/aromatic N) is 1. The van der Waals surface area contributed by atoms with Crippen LogP contribution in [0.25, 0.3) is 0 Å². The molecule has 0 spiro atoms. The Kier molecular flexibility index (Phi) is 54.1. The number of phosphoric ester groups is 1. The molecule has 0 aromatic carbocycles. The summed E-state index contributed by atoms with van der Waals surface area (Å²) in [6.07, 6.45) is 86.1. The number of carbonyl (C=O) groups excluding carboxylic acids is 2. The first-order chi connectivity index (χ1) is 38.0. The first-order valence-corrected chi connectivity index (χ1v) is 31.7. The Hall–Kier alpha value is -4.37. The zero-order valence-electron chi connectivity index (χ0n) is 49.8. The third-order valence-electron chi connectivity index (χ3n) is 12.0. The van der Waals surface area contributed by atoms with Crippen molar-refractivity contribution in [3.05, 3.63) is 158 Å². The molecular formula is C68H111NO8P+. The van der Waals surface area contributed by atoms with Crippen LogP contribution >= 0.6 is 7.82 Å². The molecular weight excluding hydrogens is 990 g/mol. The molecule has 0 aliphatic rings. The number of quaternary nitrogens is 1. The number of esters is 2. The van der Waals surface area contributed by atoms with Gasteiger partial charge in [-0.25, -0.2) is 4.57 Å². The molecule has 2 atom stereocenters. The van der Waals surface area contributed by atoms with Crippen LogP contribution in [0, 0.1) is 0 Å². The molecule has 2 unspecified atom stereocenters. The van der Waals surface area contributed by atoms with Gasteiger partial charge in [-0.2, -0.15) is 0 Å². The number of allylic oxidation sites excluding steroid dienone is 26. The van der Waals surface area contributed by atoms with Gasteiger partial charge in [0.15, 0.2) is 6.10 Å². The van der Waals surface area contributed by atoms with Crippen LogP contribution in [0.15, 0.2) is 158 Å². The fraction of sp³-hybridized carbons (Fsp3) is 0.588. The molecule has 0 heterocycles. The molecule has 440 valence electrons. The Bertz CT molecular complexity index is 1870. The van der Waals surface area contributed by atoms with E-state index in [-0.39, 0.29) is 26.1 Å². The van der Waals surface area contributed by atoms with Crippen LogP contribution in [0.1, 0.15) is 206 Å². The van der Waals surface area contributed by atoms with Gasteiger partial charge in [0.05, 0.1) is 27.7 Å². The molecule has 0 saturated carbocycles. The van der Waals surface area contributed by atoms with Crippen molar-refractivity contribution >= 4 is 19.8 Å². The van der Waals surface area contributed by atoms with E-state index in [2.05, 4.69) is 172 Å². The van der Waals surface area contributed by atoms with Crippen LogP contribution < -0.4 is 0 Å². The summed E-state index contributed by atoms with van der Waals surface area (Å²) in [6, 6.07) is 0. The maximum absolute atomic E-state index is 12.8. The molecule has 0 fully saturated rings. The Morgan fingerprint density at radius 2 is 0.731 bits per heavy atom. The third-order valence-corrected chi connectivity index (χ3v) is 13.0. The lowest BCUT2D eigenvalue weighted by Crippen LogP contribution is -2.37. The van der Waals surface area contributed by atoms with Gasteiger partial charge in [0.25, 0.3) is 0 Å². The van der Waals surface area contributed by atoms with Crippen LogP contribution in [0.2, 0.25) is 0 Å². The lowest BCUT2D eigenvalue weighted by atomic mass is 10.1. The molecule has 0 aliphatic carbocycles. The van der Waals surface area contributed by atoms with Gasteiger partial charge in [-0.05, 0) is 128 Å². The molecule has 1 N–H and O–H groups in total. The van der Waals surface area contributed by atoms with Crippen LogP contribution in [0.4, 0.5) is 0 Å². The average Bonchev–Trinajstić information content (AvgIpc) is 3.41. The summed E-state index contributed by atoms with van der Waals surface area (Å²) in [4.78, 5) is 35.6. The van der Waals surface area contributed by atoms with Gasteiger partial charge in [-0.15, -0.1) is 0 Å². The maximum atomic E-state index is 12.8. The van der Waals surface area contributed by atoms with Crippen molar-refractivity contribution in [2.75, 3.05) is 47.5 Å². The Labute approximate surface area is 477 Å². The van der Waals surface area contributed by atoms with Gasteiger partial charge in [0, 0.05) is 12.8 Å². The van der Waals surface area contributed by atoms with E-state index in [0.29, 0.717) is 23.9 Å². The van der Waals surface area contributed by atoms with Crippen molar-refractivity contribution < 1.29 is 42.1 Å². The van der Waals surface area contributed by atoms with E-state index >= 15 is 0 Å². The predicted molar refractivity (Wildman–Crippen MR) is 334 cm³/mol. The SMILES string of the molecule is CC/C=C\C/C=C\C/C=C\C/C=C\C/C=C\C/C=C\C/C=C\C/C=C\C/C=C\C/C=C\C/C=C\C/C=C\CCCCC(=O)OC(COC(=O)CCCCCCC/C=C\CCCCCCCC)COP(=O)(O)OCC[N+](C)(C)C. The lowest BCUT2D eigenvalue weighted by Gasteiger charge is -2.24. The van der Waals surface area contributed by atoms with Gasteiger partial charge in [-0.1, -0.05) is 223 Å². The van der Waals surface area contributed by atoms with Crippen molar-refractivity contribution in [2.24, 2.45) is 0 Å². The van der Waals surface area contributed by atoms with Gasteiger partial charge >= 0.3 is 19.8 Å². The van der Waals surface area contributed by atoms with Crippen LogP contribution in [-0.2, 0) is 32.7 Å². The first-order valence-electron chi connectivity index (χ1n) is 30.2. The summed E-state index contributed by atoms with van der Waals surface area (Å²) in [5.74, 6) is -0.871. The molecule has 78 heavy (non-hydrogen) atoms. The first kappa shape index (κ1) is 73.6. The van der Waals surface area contributed by atoms with E-state index in [4.69, 9.17) is 18.5 Å². The van der Waals surface area contributed by atoms with Gasteiger partial charge in [0.2, 0.25) is 0 Å². The Morgan fingerprint density at radius 1 is 0.410 bits per heavy atom. The molecule has 0 aromatic heterocycles. The second-order valence-corrected chi connectivity index (χ2v) is 22.1. The number of hydrogen-bond donors (Lipinski definition) is 1. The van der Waals surface area contributed by atoms with Crippen LogP contribution in [0.5, 0.6) is 0 Å². The highest BCUT2D eigenvalue weighted by molar-refractivity contribution is 7.47. The fourth-order valence-electron chi connectivity index (χ4n) is 7.40. The van der Waals surface area contributed by atoms with E-state index in [1.165, 1.54) is 44.9 Å². The van der Waals surface area contributed by atoms with Crippen LogP contribution in [-0.4, -0.2) is 74.9 Å². The zero-order chi connectivity index (χ0) is 57.0. The summed E-state index contributed by atoms with van der Waals surface area (Å²) in [5.41, 5.74) is 0. The van der Waals surface area contributed by atoms with Crippen molar-refractivity contribution in [1.82, 2.24) is 0 Å². The largest absolute Gasteiger partial charge is 0.472 e. The normalized spacial score (nSPS) is 14.4. The molecule has 0 radical (unpaired) electrons. The second kappa shape index (κ2) is 57.3. The summed E-state index contributed by atoms with van der Waals surface area (Å²) in [5, 5.41) is 0. The van der Waals surface area contributed by atoms with Crippen molar-refractivity contribution in [3.8, 4) is 0 Å². The van der Waals surface area contributed by atoms with Crippen LogP contribution in [0.3, 0.4) is 0 Å². The quantitative estimate of drug-likeness (QED) is 0.0211. The zero-order valence-corrected chi connectivity index (χ0v) is 50.7. The molecule has 9 nitrogen and oxygen atoms in total. The standard InChI is InChI=1S/C68H110NO8P/c1-6-8-10-12-14-16-18-20-22-23-24-25-26-27-28-29-30-31-32-33-34-35-36-37-38-39-40-41-42-43-44-45-47-49-51-53-55-57-59-61-68(71)77-66(65-76-78(72,73)75-63-62-69(3,4)5)64-74-67(70)60-58-56-54-52-50-48-46-21-19-17-15-13-11-9-7-2/h8,10,14,16,20-22,24-25,27-28,30-31,33-34,36-37,39-40,42-43,45-47,51,53,66H,6-7,9,11-13,15,17-19,23,26,29,32,35,38,41,44,48-50,52,54-65H2,1-5H3/p+1/b10-8-,16-14-,22-20-,25-24-,28-27-,31-30-,34-33-,37-36-,40-39-,43-42-,46-21-,47-45-,53-51-. The highest BCUT2D eigenvalue weighted by Gasteiger charge is 2.27. The van der Waals surface area contributed by atoms with E-state index in [1.807, 2.05) is 21.1 Å². The van der Waals surface area contributed by atoms with Gasteiger partial charge < -0.3 is 18.9 Å². The van der Waals surface area contributed by atoms with Crippen molar-refractivity contribution in [3.63, 3.8) is 0 Å². The Balaban J connectivity index is 4.25. The molecule has 0 aromatic rings. The molecule has 10 heteroatoms. The fourth-order valence-corrected chi connectivity index (χ4v) is 8.14. The van der Waals surface area contributed by atoms with E-state index < -0.39 is 32.5 Å². The molecule has 0 amide bonds. The summed E-state index contributed by atoms with van der Waals surface area (Å²) >= 11 is 0. The monoisotopic (exact) mass is 1100 g/mol. The minimum absolute atomic E-state index is 0.0134. The number of hydrogen-bond acceptors (Lipinski definition) is 7. The van der Waals surface area contributed by atoms with Crippen molar-refractivity contribution in [1.29, 1.82) is 0 Å². The number of likely N-dealkylation sites (N-methyl/N-ethyl adjacent to an activating group) is 1. The molecule has 0 bridgehead atoms. The summed E-state index contributed by atoms with van der Waals surface area (Å²) in [6.45, 7) is 4.22. The highest BCUT2D eigenvalue weighted by Crippen LogP contribution is 2.43. The number of rotatable bonds is 53. The van der Waals surface area contributed by atoms with Gasteiger partial charge in [-0.3, -0.25) is 18.6 Å². The topological polar surface area (TPSA) is 108 Å². The second-order valence-electron chi connectivity index (χ2n) is 20.6. The van der Waals surface area contributed by atoms with E-state index in [1.54, 1.807) is 0 Å². The minimum Gasteiger partial charge on any atom is -0.462 e. The highest BCUT2D eigenvalue weighted by atomic mass is 31.2. The smallest absolute Gasteiger partial charge is 0.462 e. The molecule has 0 aliphatic heterocycles. The number of unbranched alkanes of at least 4 members (excludes halogenated alkanes) is 13. The predicted octanol–water partition coefficient (Wildman–Crippen LogP) is 19.3. The van der Waals surface area contributed by atoms with E-state index in [0.717, 1.165) is 122 Å². The van der Waals surface area contributed by atoms with E-state index in [9.17, 15) is 19.0 Å². The number of carbonyl (C=O) groups is 2. The van der Waals surface area contributed by atoms with Gasteiger partial charge in [0.1, 0.15) is 19.8 Å².